The molecule has 0 aliphatic rings. The van der Waals surface area contributed by atoms with E-state index in [1.54, 1.807) is 12.1 Å². The molecule has 0 aliphatic heterocycles. The number of benzene rings is 2. The summed E-state index contributed by atoms with van der Waals surface area (Å²) in [5.41, 5.74) is 2.34. The highest BCUT2D eigenvalue weighted by Gasteiger charge is 2.15. The Labute approximate surface area is 144 Å². The number of nitrogens with zero attached hydrogens (tertiary/aromatic N) is 2. The van der Waals surface area contributed by atoms with Gasteiger partial charge in [0.15, 0.2) is 0 Å². The Kier molecular flexibility index (Phi) is 4.91. The fourth-order valence-electron chi connectivity index (χ4n) is 2.17. The molecule has 0 atom stereocenters. The van der Waals surface area contributed by atoms with Crippen molar-refractivity contribution in [3.63, 3.8) is 0 Å². The second-order valence-electron chi connectivity index (χ2n) is 5.58. The average Bonchev–Trinajstić information content (AvgIpc) is 3.05. The zero-order valence-corrected chi connectivity index (χ0v) is 14.3. The third-order valence-corrected chi connectivity index (χ3v) is 4.79. The van der Waals surface area contributed by atoms with Crippen LogP contribution in [0.15, 0.2) is 53.1 Å². The first-order valence-corrected chi connectivity index (χ1v) is 9.18. The number of hydrogen-bond acceptors (Lipinski definition) is 5. The predicted molar refractivity (Wildman–Crippen MR) is 90.3 cm³/mol. The van der Waals surface area contributed by atoms with Crippen molar-refractivity contribution in [2.75, 3.05) is 0 Å². The molecule has 130 valence electrons. The molecule has 0 unspecified atom stereocenters. The third kappa shape index (κ3) is 4.71. The van der Waals surface area contributed by atoms with Gasteiger partial charge < -0.3 is 4.52 Å². The molecule has 0 bridgehead atoms. The van der Waals surface area contributed by atoms with Gasteiger partial charge in [-0.3, -0.25) is 0 Å². The molecule has 0 saturated heterocycles. The lowest BCUT2D eigenvalue weighted by Crippen LogP contribution is -2.24. The first-order valence-electron chi connectivity index (χ1n) is 7.53. The Bertz CT molecular complexity index is 952. The topological polar surface area (TPSA) is 85.1 Å². The Hall–Kier alpha value is -2.58. The van der Waals surface area contributed by atoms with Crippen LogP contribution in [0, 0.1) is 12.7 Å². The number of sulfonamides is 1. The summed E-state index contributed by atoms with van der Waals surface area (Å²) in [6, 6.07) is 12.9. The smallest absolute Gasteiger partial charge is 0.242 e. The molecular formula is C17H16FN3O3S. The maximum Gasteiger partial charge on any atom is 0.242 e. The summed E-state index contributed by atoms with van der Waals surface area (Å²) in [7, 11) is -3.53. The molecule has 8 heteroatoms. The van der Waals surface area contributed by atoms with Crippen LogP contribution in [-0.4, -0.2) is 18.6 Å². The molecule has 0 radical (unpaired) electrons. The van der Waals surface area contributed by atoms with Gasteiger partial charge in [-0.1, -0.05) is 35.0 Å². The lowest BCUT2D eigenvalue weighted by atomic mass is 10.2. The fraction of sp³-hybridized carbons (Fsp3) is 0.176. The van der Waals surface area contributed by atoms with Gasteiger partial charge in [-0.2, -0.15) is 4.98 Å². The van der Waals surface area contributed by atoms with Crippen molar-refractivity contribution in [3.05, 3.63) is 71.4 Å². The molecule has 0 spiro atoms. The molecular weight excluding hydrogens is 345 g/mol. The van der Waals surface area contributed by atoms with Crippen LogP contribution in [0.1, 0.15) is 17.0 Å². The van der Waals surface area contributed by atoms with E-state index in [9.17, 15) is 12.8 Å². The minimum Gasteiger partial charge on any atom is -0.338 e. The molecule has 0 saturated carbocycles. The number of aromatic nitrogens is 2. The molecule has 1 aromatic heterocycles. The molecule has 3 aromatic rings. The Balaban J connectivity index is 1.63. The molecule has 1 heterocycles. The second-order valence-corrected chi connectivity index (χ2v) is 7.39. The van der Waals surface area contributed by atoms with Crippen molar-refractivity contribution in [1.82, 2.24) is 14.9 Å². The minimum atomic E-state index is -3.53. The molecule has 0 aliphatic carbocycles. The van der Waals surface area contributed by atoms with Gasteiger partial charge in [0.25, 0.3) is 0 Å². The lowest BCUT2D eigenvalue weighted by Gasteiger charge is -2.05. The highest BCUT2D eigenvalue weighted by atomic mass is 32.2. The van der Waals surface area contributed by atoms with Crippen LogP contribution in [0.3, 0.4) is 0 Å². The molecule has 1 N–H and O–H groups in total. The van der Waals surface area contributed by atoms with Crippen LogP contribution in [0.25, 0.3) is 11.4 Å². The SMILES string of the molecule is Cc1ccc(CS(=O)(=O)NCc2nc(-c3ccc(F)cc3)no2)cc1. The summed E-state index contributed by atoms with van der Waals surface area (Å²) in [6.07, 6.45) is 0. The van der Waals surface area contributed by atoms with Crippen LogP contribution in [0.4, 0.5) is 4.39 Å². The molecule has 6 nitrogen and oxygen atoms in total. The first kappa shape index (κ1) is 17.2. The summed E-state index contributed by atoms with van der Waals surface area (Å²) in [4.78, 5) is 4.10. The average molecular weight is 361 g/mol. The number of hydrogen-bond donors (Lipinski definition) is 1. The highest BCUT2D eigenvalue weighted by Crippen LogP contribution is 2.16. The maximum absolute atomic E-state index is 12.9. The predicted octanol–water partition coefficient (Wildman–Crippen LogP) is 2.80. The van der Waals surface area contributed by atoms with E-state index in [1.165, 1.54) is 24.3 Å². The quantitative estimate of drug-likeness (QED) is 0.730. The van der Waals surface area contributed by atoms with Crippen molar-refractivity contribution in [2.45, 2.75) is 19.2 Å². The van der Waals surface area contributed by atoms with Crippen molar-refractivity contribution >= 4 is 10.0 Å². The molecule has 0 amide bonds. The van der Waals surface area contributed by atoms with Crippen molar-refractivity contribution in [2.24, 2.45) is 0 Å². The van der Waals surface area contributed by atoms with E-state index >= 15 is 0 Å². The van der Waals surface area contributed by atoms with Crippen LogP contribution >= 0.6 is 0 Å². The summed E-state index contributed by atoms with van der Waals surface area (Å²) in [6.45, 7) is 1.83. The van der Waals surface area contributed by atoms with Gasteiger partial charge >= 0.3 is 0 Å². The van der Waals surface area contributed by atoms with Gasteiger partial charge in [0.2, 0.25) is 21.7 Å². The largest absolute Gasteiger partial charge is 0.338 e. The van der Waals surface area contributed by atoms with E-state index in [1.807, 2.05) is 19.1 Å². The molecule has 25 heavy (non-hydrogen) atoms. The van der Waals surface area contributed by atoms with Crippen molar-refractivity contribution < 1.29 is 17.3 Å². The van der Waals surface area contributed by atoms with Crippen molar-refractivity contribution in [3.8, 4) is 11.4 Å². The summed E-state index contributed by atoms with van der Waals surface area (Å²) in [5.74, 6) is -0.0949. The first-order chi connectivity index (χ1) is 11.9. The van der Waals surface area contributed by atoms with Crippen molar-refractivity contribution in [1.29, 1.82) is 0 Å². The van der Waals surface area contributed by atoms with Crippen LogP contribution in [0.5, 0.6) is 0 Å². The number of halogens is 1. The molecule has 3 rings (SSSR count). The molecule has 0 fully saturated rings. The van der Waals surface area contributed by atoms with E-state index in [-0.39, 0.29) is 29.8 Å². The van der Waals surface area contributed by atoms with E-state index in [2.05, 4.69) is 14.9 Å². The van der Waals surface area contributed by atoms with Gasteiger partial charge in [0.05, 0.1) is 12.3 Å². The third-order valence-electron chi connectivity index (χ3n) is 3.49. The van der Waals surface area contributed by atoms with Gasteiger partial charge in [0, 0.05) is 5.56 Å². The lowest BCUT2D eigenvalue weighted by molar-refractivity contribution is 0.376. The van der Waals surface area contributed by atoms with E-state index in [0.29, 0.717) is 11.1 Å². The van der Waals surface area contributed by atoms with Crippen LogP contribution < -0.4 is 4.72 Å². The maximum atomic E-state index is 12.9. The van der Waals surface area contributed by atoms with Crippen LogP contribution in [-0.2, 0) is 22.3 Å². The van der Waals surface area contributed by atoms with E-state index in [0.717, 1.165) is 5.56 Å². The zero-order chi connectivity index (χ0) is 17.9. The normalized spacial score (nSPS) is 11.6. The Morgan fingerprint density at radius 3 is 2.44 bits per heavy atom. The summed E-state index contributed by atoms with van der Waals surface area (Å²) in [5, 5.41) is 3.77. The highest BCUT2D eigenvalue weighted by molar-refractivity contribution is 7.88. The second kappa shape index (κ2) is 7.12. The van der Waals surface area contributed by atoms with E-state index < -0.39 is 10.0 Å². The Morgan fingerprint density at radius 2 is 1.76 bits per heavy atom. The number of nitrogens with one attached hydrogen (secondary N) is 1. The number of aryl methyl sites for hydroxylation is 1. The van der Waals surface area contributed by atoms with E-state index in [4.69, 9.17) is 4.52 Å². The summed E-state index contributed by atoms with van der Waals surface area (Å²) >= 11 is 0. The minimum absolute atomic E-state index is 0.109. The van der Waals surface area contributed by atoms with Crippen LogP contribution in [0.2, 0.25) is 0 Å². The molecule has 2 aromatic carbocycles. The fourth-order valence-corrected chi connectivity index (χ4v) is 3.25. The van der Waals surface area contributed by atoms with Gasteiger partial charge in [-0.25, -0.2) is 17.5 Å². The van der Waals surface area contributed by atoms with Gasteiger partial charge in [-0.15, -0.1) is 0 Å². The summed E-state index contributed by atoms with van der Waals surface area (Å²) < 4.78 is 44.6. The van der Waals surface area contributed by atoms with Gasteiger partial charge in [0.1, 0.15) is 5.82 Å². The number of rotatable bonds is 6. The van der Waals surface area contributed by atoms with Gasteiger partial charge in [-0.05, 0) is 36.8 Å². The zero-order valence-electron chi connectivity index (χ0n) is 13.4. The Morgan fingerprint density at radius 1 is 1.08 bits per heavy atom. The standard InChI is InChI=1S/C17H16FN3O3S/c1-12-2-4-13(5-3-12)11-25(22,23)19-10-16-20-17(21-24-16)14-6-8-15(18)9-7-14/h2-9,19H,10-11H2,1H3. The monoisotopic (exact) mass is 361 g/mol.